The molecule has 0 saturated heterocycles. The van der Waals surface area contributed by atoms with E-state index in [9.17, 15) is 4.79 Å². The maximum atomic E-state index is 12.4. The first-order valence-electron chi connectivity index (χ1n) is 7.07. The lowest BCUT2D eigenvalue weighted by atomic mass is 10.0. The van der Waals surface area contributed by atoms with Crippen molar-refractivity contribution in [2.45, 2.75) is 38.8 Å². The van der Waals surface area contributed by atoms with Crippen molar-refractivity contribution in [2.24, 2.45) is 5.73 Å². The minimum atomic E-state index is -0.149. The Kier molecular flexibility index (Phi) is 5.15. The Balaban J connectivity index is 2.04. The van der Waals surface area contributed by atoms with Gasteiger partial charge in [-0.1, -0.05) is 41.9 Å². The maximum absolute atomic E-state index is 12.4. The van der Waals surface area contributed by atoms with E-state index in [1.165, 1.54) is 6.20 Å². The minimum Gasteiger partial charge on any atom is -0.324 e. The number of hydrogen-bond acceptors (Lipinski definition) is 3. The molecule has 0 radical (unpaired) electrons. The molecule has 2 rings (SSSR count). The van der Waals surface area contributed by atoms with Crippen LogP contribution < -0.4 is 5.73 Å². The molecule has 0 aliphatic rings. The van der Waals surface area contributed by atoms with E-state index in [-0.39, 0.29) is 17.9 Å². The molecular weight excluding hydrogens is 286 g/mol. The van der Waals surface area contributed by atoms with Gasteiger partial charge in [0.15, 0.2) is 5.78 Å². The number of carbonyl (C=O) groups is 1. The molecule has 1 atom stereocenters. The molecule has 0 aliphatic heterocycles. The summed E-state index contributed by atoms with van der Waals surface area (Å²) in [5.41, 5.74) is 7.64. The average Bonchev–Trinajstić information content (AvgIpc) is 2.87. The summed E-state index contributed by atoms with van der Waals surface area (Å²) in [7, 11) is 0. The van der Waals surface area contributed by atoms with Gasteiger partial charge in [-0.25, -0.2) is 0 Å². The summed E-state index contributed by atoms with van der Waals surface area (Å²) in [5, 5.41) is 4.56. The van der Waals surface area contributed by atoms with Gasteiger partial charge in [-0.05, 0) is 25.8 Å². The number of ketones is 1. The van der Waals surface area contributed by atoms with E-state index < -0.39 is 0 Å². The van der Waals surface area contributed by atoms with Crippen LogP contribution >= 0.6 is 11.6 Å². The molecule has 0 fully saturated rings. The van der Waals surface area contributed by atoms with Gasteiger partial charge in [0.25, 0.3) is 0 Å². The highest BCUT2D eigenvalue weighted by molar-refractivity contribution is 6.33. The predicted molar refractivity (Wildman–Crippen MR) is 84.6 cm³/mol. The smallest absolute Gasteiger partial charge is 0.182 e. The molecule has 0 aliphatic carbocycles. The van der Waals surface area contributed by atoms with Crippen LogP contribution in [0, 0.1) is 0 Å². The van der Waals surface area contributed by atoms with E-state index >= 15 is 0 Å². The van der Waals surface area contributed by atoms with Crippen molar-refractivity contribution in [2.75, 3.05) is 0 Å². The van der Waals surface area contributed by atoms with Crippen LogP contribution in [0.25, 0.3) is 0 Å². The Morgan fingerprint density at radius 3 is 2.62 bits per heavy atom. The van der Waals surface area contributed by atoms with Crippen molar-refractivity contribution in [1.82, 2.24) is 9.78 Å². The fraction of sp³-hybridized carbons (Fsp3) is 0.375. The lowest BCUT2D eigenvalue weighted by Crippen LogP contribution is -2.16. The van der Waals surface area contributed by atoms with Crippen molar-refractivity contribution in [1.29, 1.82) is 0 Å². The zero-order valence-electron chi connectivity index (χ0n) is 12.3. The van der Waals surface area contributed by atoms with Crippen molar-refractivity contribution in [3.63, 3.8) is 0 Å². The number of benzene rings is 1. The van der Waals surface area contributed by atoms with Crippen LogP contribution in [0.5, 0.6) is 0 Å². The first-order chi connectivity index (χ1) is 10.0. The van der Waals surface area contributed by atoms with Crippen LogP contribution in [-0.2, 0) is 0 Å². The van der Waals surface area contributed by atoms with Gasteiger partial charge in [-0.15, -0.1) is 0 Å². The standard InChI is InChI=1S/C16H20ClN3O/c1-11(2)20-16(13(17)10-19-20)15(21)9-8-14(18)12-6-4-3-5-7-12/h3-7,10-11,14H,8-9,18H2,1-2H3. The zero-order valence-corrected chi connectivity index (χ0v) is 13.0. The number of aromatic nitrogens is 2. The van der Waals surface area contributed by atoms with Gasteiger partial charge in [0.2, 0.25) is 0 Å². The molecule has 5 heteroatoms. The summed E-state index contributed by atoms with van der Waals surface area (Å²) in [6, 6.07) is 9.73. The molecular formula is C16H20ClN3O. The monoisotopic (exact) mass is 305 g/mol. The summed E-state index contributed by atoms with van der Waals surface area (Å²) in [6.07, 6.45) is 2.46. The van der Waals surface area contributed by atoms with E-state index in [1.807, 2.05) is 44.2 Å². The zero-order chi connectivity index (χ0) is 15.4. The average molecular weight is 306 g/mol. The van der Waals surface area contributed by atoms with Crippen LogP contribution in [0.15, 0.2) is 36.5 Å². The van der Waals surface area contributed by atoms with E-state index in [2.05, 4.69) is 5.10 Å². The molecule has 0 amide bonds. The second-order valence-electron chi connectivity index (χ2n) is 5.36. The van der Waals surface area contributed by atoms with E-state index in [4.69, 9.17) is 17.3 Å². The number of halogens is 1. The summed E-state index contributed by atoms with van der Waals surface area (Å²) >= 11 is 6.08. The third-order valence-electron chi connectivity index (χ3n) is 3.41. The highest BCUT2D eigenvalue weighted by Gasteiger charge is 2.20. The Labute approximate surface area is 129 Å². The molecule has 4 nitrogen and oxygen atoms in total. The van der Waals surface area contributed by atoms with E-state index in [1.54, 1.807) is 4.68 Å². The fourth-order valence-corrected chi connectivity index (χ4v) is 2.50. The molecule has 1 unspecified atom stereocenters. The SMILES string of the molecule is CC(C)n1ncc(Cl)c1C(=O)CCC(N)c1ccccc1. The largest absolute Gasteiger partial charge is 0.324 e. The number of nitrogens with zero attached hydrogens (tertiary/aromatic N) is 2. The Morgan fingerprint density at radius 1 is 1.33 bits per heavy atom. The highest BCUT2D eigenvalue weighted by atomic mass is 35.5. The Bertz CT molecular complexity index is 607. The molecule has 0 bridgehead atoms. The third-order valence-corrected chi connectivity index (χ3v) is 3.69. The topological polar surface area (TPSA) is 60.9 Å². The Morgan fingerprint density at radius 2 is 2.00 bits per heavy atom. The van der Waals surface area contributed by atoms with Gasteiger partial charge in [0.05, 0.1) is 11.2 Å². The maximum Gasteiger partial charge on any atom is 0.182 e. The van der Waals surface area contributed by atoms with Crippen molar-refractivity contribution < 1.29 is 4.79 Å². The van der Waals surface area contributed by atoms with Gasteiger partial charge < -0.3 is 5.73 Å². The van der Waals surface area contributed by atoms with E-state index in [0.29, 0.717) is 23.6 Å². The number of rotatable bonds is 6. The fourth-order valence-electron chi connectivity index (χ4n) is 2.27. The molecule has 0 spiro atoms. The summed E-state index contributed by atoms with van der Waals surface area (Å²) in [5.74, 6) is -0.0161. The molecule has 21 heavy (non-hydrogen) atoms. The van der Waals surface area contributed by atoms with Crippen molar-refractivity contribution in [3.05, 3.63) is 52.8 Å². The summed E-state index contributed by atoms with van der Waals surface area (Å²) in [4.78, 5) is 12.4. The van der Waals surface area contributed by atoms with Gasteiger partial charge in [0.1, 0.15) is 5.69 Å². The van der Waals surface area contributed by atoms with Gasteiger partial charge in [0, 0.05) is 18.5 Å². The quantitative estimate of drug-likeness (QED) is 0.826. The number of carbonyl (C=O) groups excluding carboxylic acids is 1. The van der Waals surface area contributed by atoms with Crippen molar-refractivity contribution in [3.8, 4) is 0 Å². The Hall–Kier alpha value is -1.65. The number of nitrogens with two attached hydrogens (primary N) is 1. The van der Waals surface area contributed by atoms with Crippen LogP contribution in [0.2, 0.25) is 5.02 Å². The normalized spacial score (nSPS) is 12.6. The number of hydrogen-bond donors (Lipinski definition) is 1. The predicted octanol–water partition coefficient (Wildman–Crippen LogP) is 3.78. The van der Waals surface area contributed by atoms with Crippen LogP contribution in [0.3, 0.4) is 0 Å². The molecule has 1 heterocycles. The molecule has 1 aromatic heterocycles. The second kappa shape index (κ2) is 6.87. The van der Waals surface area contributed by atoms with Crippen LogP contribution in [0.4, 0.5) is 0 Å². The lowest BCUT2D eigenvalue weighted by Gasteiger charge is -2.13. The molecule has 2 N–H and O–H groups in total. The molecule has 0 saturated carbocycles. The lowest BCUT2D eigenvalue weighted by molar-refractivity contribution is 0.0965. The summed E-state index contributed by atoms with van der Waals surface area (Å²) in [6.45, 7) is 3.94. The first kappa shape index (κ1) is 15.7. The second-order valence-corrected chi connectivity index (χ2v) is 5.77. The number of Topliss-reactive ketones (excluding diaryl/α,β-unsaturated/α-hetero) is 1. The van der Waals surface area contributed by atoms with Gasteiger partial charge >= 0.3 is 0 Å². The van der Waals surface area contributed by atoms with Gasteiger partial charge in [-0.2, -0.15) is 5.10 Å². The summed E-state index contributed by atoms with van der Waals surface area (Å²) < 4.78 is 1.67. The van der Waals surface area contributed by atoms with E-state index in [0.717, 1.165) is 5.56 Å². The molecule has 112 valence electrons. The van der Waals surface area contributed by atoms with Crippen LogP contribution in [0.1, 0.15) is 54.8 Å². The highest BCUT2D eigenvalue weighted by Crippen LogP contribution is 2.23. The minimum absolute atomic E-state index is 0.0161. The van der Waals surface area contributed by atoms with Crippen molar-refractivity contribution >= 4 is 17.4 Å². The van der Waals surface area contributed by atoms with Gasteiger partial charge in [-0.3, -0.25) is 9.48 Å². The van der Waals surface area contributed by atoms with Crippen LogP contribution in [-0.4, -0.2) is 15.6 Å². The molecule has 2 aromatic rings. The molecule has 1 aromatic carbocycles. The third kappa shape index (κ3) is 3.71. The first-order valence-corrected chi connectivity index (χ1v) is 7.45.